The van der Waals surface area contributed by atoms with Gasteiger partial charge in [-0.3, -0.25) is 19.2 Å². The molecule has 0 aromatic rings. The van der Waals surface area contributed by atoms with E-state index in [0.29, 0.717) is 5.70 Å². The summed E-state index contributed by atoms with van der Waals surface area (Å²) >= 11 is 0. The van der Waals surface area contributed by atoms with Crippen molar-refractivity contribution in [2.75, 3.05) is 13.2 Å². The fraction of sp³-hybridized carbons (Fsp3) is 0.625. The summed E-state index contributed by atoms with van der Waals surface area (Å²) in [6, 6.07) is 0. The van der Waals surface area contributed by atoms with Gasteiger partial charge in [0.05, 0.1) is 13.2 Å². The molecule has 2 rings (SSSR count). The van der Waals surface area contributed by atoms with E-state index in [1.165, 1.54) is 6.92 Å². The number of hydrogen-bond donors (Lipinski definition) is 1. The molecular weight excluding hydrogens is 302 g/mol. The zero-order valence-electron chi connectivity index (χ0n) is 13.7. The van der Waals surface area contributed by atoms with Crippen LogP contribution in [0.2, 0.25) is 0 Å². The molecule has 1 amide bonds. The molecule has 0 bridgehead atoms. The van der Waals surface area contributed by atoms with Crippen molar-refractivity contribution in [3.63, 3.8) is 0 Å². The fourth-order valence-electron chi connectivity index (χ4n) is 3.39. The van der Waals surface area contributed by atoms with Crippen LogP contribution in [0.15, 0.2) is 11.8 Å². The van der Waals surface area contributed by atoms with Crippen LogP contribution in [0.3, 0.4) is 0 Å². The number of nitrogens with one attached hydrogen (secondary N) is 1. The van der Waals surface area contributed by atoms with Crippen molar-refractivity contribution in [3.8, 4) is 0 Å². The standard InChI is InChI=1S/C16H21NO6/c1-5-22-13(20)16(14(21)23-6-2)8-11(18)15(4)10(16)7-9(3)17-12(15)19/h7,10H,5-6,8H2,1-4H3,(H,17,19)/t10-,15+/m1/s1. The Bertz CT molecular complexity index is 590. The number of esters is 2. The van der Waals surface area contributed by atoms with Crippen molar-refractivity contribution in [1.29, 1.82) is 0 Å². The van der Waals surface area contributed by atoms with E-state index < -0.39 is 46.8 Å². The monoisotopic (exact) mass is 323 g/mol. The number of carbonyl (C=O) groups is 4. The second-order valence-corrected chi connectivity index (χ2v) is 6.00. The fourth-order valence-corrected chi connectivity index (χ4v) is 3.39. The molecule has 0 saturated heterocycles. The van der Waals surface area contributed by atoms with Crippen LogP contribution in [0.1, 0.15) is 34.1 Å². The third-order valence-corrected chi connectivity index (χ3v) is 4.65. The molecule has 126 valence electrons. The Hall–Kier alpha value is -2.18. The Morgan fingerprint density at radius 3 is 2.22 bits per heavy atom. The molecule has 1 aliphatic carbocycles. The van der Waals surface area contributed by atoms with Gasteiger partial charge >= 0.3 is 11.9 Å². The van der Waals surface area contributed by atoms with Crippen molar-refractivity contribution in [2.45, 2.75) is 34.1 Å². The molecular formula is C16H21NO6. The lowest BCUT2D eigenvalue weighted by Crippen LogP contribution is -2.53. The summed E-state index contributed by atoms with van der Waals surface area (Å²) < 4.78 is 10.1. The van der Waals surface area contributed by atoms with Gasteiger partial charge in [0.2, 0.25) is 5.91 Å². The van der Waals surface area contributed by atoms with Gasteiger partial charge < -0.3 is 14.8 Å². The van der Waals surface area contributed by atoms with E-state index in [0.717, 1.165) is 0 Å². The summed E-state index contributed by atoms with van der Waals surface area (Å²) in [4.78, 5) is 50.2. The van der Waals surface area contributed by atoms with Crippen LogP contribution in [0.5, 0.6) is 0 Å². The van der Waals surface area contributed by atoms with Gasteiger partial charge in [0.15, 0.2) is 11.2 Å². The van der Waals surface area contributed by atoms with Crippen LogP contribution in [-0.2, 0) is 28.7 Å². The maximum Gasteiger partial charge on any atom is 0.324 e. The van der Waals surface area contributed by atoms with Gasteiger partial charge in [-0.25, -0.2) is 0 Å². The maximum atomic E-state index is 12.6. The van der Waals surface area contributed by atoms with Crippen LogP contribution in [0.25, 0.3) is 0 Å². The van der Waals surface area contributed by atoms with E-state index in [1.54, 1.807) is 26.8 Å². The number of ether oxygens (including phenoxy) is 2. The van der Waals surface area contributed by atoms with Gasteiger partial charge in [-0.2, -0.15) is 0 Å². The Morgan fingerprint density at radius 2 is 1.74 bits per heavy atom. The third kappa shape index (κ3) is 2.26. The van der Waals surface area contributed by atoms with Gasteiger partial charge in [0.25, 0.3) is 0 Å². The first-order valence-electron chi connectivity index (χ1n) is 7.62. The number of amides is 1. The maximum absolute atomic E-state index is 12.6. The lowest BCUT2D eigenvalue weighted by atomic mass is 9.67. The van der Waals surface area contributed by atoms with Gasteiger partial charge in [-0.15, -0.1) is 0 Å². The Balaban J connectivity index is 2.65. The first-order chi connectivity index (χ1) is 10.7. The number of rotatable bonds is 4. The van der Waals surface area contributed by atoms with Gasteiger partial charge in [0.1, 0.15) is 5.41 Å². The van der Waals surface area contributed by atoms with Crippen molar-refractivity contribution in [3.05, 3.63) is 11.8 Å². The van der Waals surface area contributed by atoms with E-state index >= 15 is 0 Å². The molecule has 2 aliphatic rings. The molecule has 2 atom stereocenters. The quantitative estimate of drug-likeness (QED) is 0.605. The normalized spacial score (nSPS) is 28.5. The minimum absolute atomic E-state index is 0.0620. The smallest absolute Gasteiger partial charge is 0.324 e. The SMILES string of the molecule is CCOC(=O)C1(C(=O)OCC)CC(=O)[C@@]2(C)C(=O)NC(C)=C[C@@H]12. The summed E-state index contributed by atoms with van der Waals surface area (Å²) in [6.07, 6.45) is 1.18. The summed E-state index contributed by atoms with van der Waals surface area (Å²) in [5, 5.41) is 2.60. The summed E-state index contributed by atoms with van der Waals surface area (Å²) in [7, 11) is 0. The van der Waals surface area contributed by atoms with Crippen molar-refractivity contribution >= 4 is 23.6 Å². The second-order valence-electron chi connectivity index (χ2n) is 6.00. The molecule has 1 saturated carbocycles. The van der Waals surface area contributed by atoms with Gasteiger partial charge in [0, 0.05) is 18.0 Å². The molecule has 0 aromatic carbocycles. The lowest BCUT2D eigenvalue weighted by molar-refractivity contribution is -0.175. The lowest BCUT2D eigenvalue weighted by Gasteiger charge is -2.37. The van der Waals surface area contributed by atoms with Crippen LogP contribution in [-0.4, -0.2) is 36.8 Å². The number of ketones is 1. The molecule has 1 heterocycles. The van der Waals surface area contributed by atoms with E-state index in [4.69, 9.17) is 9.47 Å². The Labute approximate surface area is 134 Å². The van der Waals surface area contributed by atoms with Crippen LogP contribution in [0.4, 0.5) is 0 Å². The minimum atomic E-state index is -1.81. The molecule has 0 radical (unpaired) electrons. The highest BCUT2D eigenvalue weighted by atomic mass is 16.6. The van der Waals surface area contributed by atoms with Crippen molar-refractivity contribution in [1.82, 2.24) is 5.32 Å². The van der Waals surface area contributed by atoms with Crippen LogP contribution < -0.4 is 5.32 Å². The zero-order valence-corrected chi connectivity index (χ0v) is 13.7. The topological polar surface area (TPSA) is 98.8 Å². The number of carbonyl (C=O) groups excluding carboxylic acids is 4. The third-order valence-electron chi connectivity index (χ3n) is 4.65. The number of Topliss-reactive ketones (excluding diaryl/α,β-unsaturated/α-hetero) is 1. The highest BCUT2D eigenvalue weighted by Gasteiger charge is 2.71. The summed E-state index contributed by atoms with van der Waals surface area (Å²) in [5.41, 5.74) is -2.80. The molecule has 1 N–H and O–H groups in total. The number of allylic oxidation sites excluding steroid dienone is 2. The van der Waals surface area contributed by atoms with E-state index in [9.17, 15) is 19.2 Å². The van der Waals surface area contributed by atoms with E-state index in [-0.39, 0.29) is 13.2 Å². The summed E-state index contributed by atoms with van der Waals surface area (Å²) in [6.45, 7) is 6.45. The molecule has 7 nitrogen and oxygen atoms in total. The van der Waals surface area contributed by atoms with Crippen molar-refractivity contribution in [2.24, 2.45) is 16.7 Å². The predicted molar refractivity (Wildman–Crippen MR) is 78.8 cm³/mol. The van der Waals surface area contributed by atoms with Crippen LogP contribution in [0, 0.1) is 16.7 Å². The minimum Gasteiger partial charge on any atom is -0.465 e. The molecule has 1 aliphatic heterocycles. The average molecular weight is 323 g/mol. The molecule has 0 spiro atoms. The Morgan fingerprint density at radius 1 is 1.22 bits per heavy atom. The largest absolute Gasteiger partial charge is 0.465 e. The second kappa shape index (κ2) is 5.79. The van der Waals surface area contributed by atoms with Gasteiger partial charge in [-0.1, -0.05) is 6.08 Å². The highest BCUT2D eigenvalue weighted by Crippen LogP contribution is 2.55. The molecule has 0 unspecified atom stereocenters. The highest BCUT2D eigenvalue weighted by molar-refractivity contribution is 6.17. The van der Waals surface area contributed by atoms with Crippen LogP contribution >= 0.6 is 0 Å². The van der Waals surface area contributed by atoms with Gasteiger partial charge in [-0.05, 0) is 27.7 Å². The number of fused-ring (bicyclic) bond motifs is 1. The average Bonchev–Trinajstić information content (AvgIpc) is 2.71. The number of hydrogen-bond acceptors (Lipinski definition) is 6. The molecule has 1 fully saturated rings. The Kier molecular flexibility index (Phi) is 4.32. The first kappa shape index (κ1) is 17.2. The molecule has 7 heteroatoms. The molecule has 23 heavy (non-hydrogen) atoms. The van der Waals surface area contributed by atoms with Crippen molar-refractivity contribution < 1.29 is 28.7 Å². The first-order valence-corrected chi connectivity index (χ1v) is 7.62. The summed E-state index contributed by atoms with van der Waals surface area (Å²) in [5.74, 6) is -3.54. The molecule has 0 aromatic heterocycles. The van der Waals surface area contributed by atoms with E-state index in [2.05, 4.69) is 5.32 Å². The predicted octanol–water partition coefficient (Wildman–Crippen LogP) is 0.728. The van der Waals surface area contributed by atoms with E-state index in [1.807, 2.05) is 0 Å². The zero-order chi connectivity index (χ0) is 17.4.